The quantitative estimate of drug-likeness (QED) is 0.623. The van der Waals surface area contributed by atoms with Crippen molar-refractivity contribution in [1.29, 1.82) is 0 Å². The van der Waals surface area contributed by atoms with Crippen LogP contribution in [0.1, 0.15) is 10.4 Å². The van der Waals surface area contributed by atoms with Crippen molar-refractivity contribution in [3.05, 3.63) is 29.8 Å². The monoisotopic (exact) mass is 250 g/mol. The molecule has 1 aromatic rings. The first-order valence-corrected chi connectivity index (χ1v) is 4.40. The normalized spacial score (nSPS) is 12.4. The average molecular weight is 250 g/mol. The minimum atomic E-state index is -5.45. The van der Waals surface area contributed by atoms with E-state index in [0.29, 0.717) is 5.75 Å². The van der Waals surface area contributed by atoms with E-state index < -0.39 is 23.3 Å². The summed E-state index contributed by atoms with van der Waals surface area (Å²) in [7, 11) is 1.34. The van der Waals surface area contributed by atoms with Crippen LogP contribution in [0.25, 0.3) is 0 Å². The Bertz CT molecular complexity index is 409. The zero-order valence-corrected chi connectivity index (χ0v) is 8.65. The predicted molar refractivity (Wildman–Crippen MR) is 50.5 cm³/mol. The smallest absolute Gasteiger partial charge is 0.451 e. The highest BCUT2D eigenvalue weighted by Gasteiger charge is 2.58. The Morgan fingerprint density at radius 2 is 1.65 bits per heavy atom. The Labute approximate surface area is 94.3 Å². The van der Waals surface area contributed by atoms with Gasteiger partial charge in [-0.1, -0.05) is 0 Å². The lowest BCUT2D eigenvalue weighted by molar-refractivity contribution is -0.318. The highest BCUT2D eigenvalue weighted by Crippen LogP contribution is 2.31. The molecule has 0 aliphatic heterocycles. The number of carbonyl (C=O) groups is 1. The number of rotatable bonds is 3. The molecule has 17 heavy (non-hydrogen) atoms. The molecule has 0 radical (unpaired) electrons. The highest BCUT2D eigenvalue weighted by atomic mass is 19.4. The van der Waals surface area contributed by atoms with Crippen LogP contribution < -0.4 is 4.74 Å². The van der Waals surface area contributed by atoms with Crippen molar-refractivity contribution in [2.75, 3.05) is 7.11 Å². The van der Waals surface area contributed by atoms with E-state index in [-0.39, 0.29) is 0 Å². The van der Waals surface area contributed by atoms with Crippen LogP contribution in [0.4, 0.5) is 13.2 Å². The molecule has 0 bridgehead atoms. The van der Waals surface area contributed by atoms with Gasteiger partial charge in [-0.05, 0) is 24.3 Å². The Balaban J connectivity index is 3.04. The van der Waals surface area contributed by atoms with Gasteiger partial charge < -0.3 is 14.9 Å². The van der Waals surface area contributed by atoms with Gasteiger partial charge in [0.1, 0.15) is 5.75 Å². The van der Waals surface area contributed by atoms with Gasteiger partial charge >= 0.3 is 12.0 Å². The van der Waals surface area contributed by atoms with Crippen LogP contribution in [0.5, 0.6) is 5.75 Å². The van der Waals surface area contributed by atoms with Crippen LogP contribution in [0.3, 0.4) is 0 Å². The molecule has 0 amide bonds. The van der Waals surface area contributed by atoms with Gasteiger partial charge in [0.25, 0.3) is 0 Å². The van der Waals surface area contributed by atoms with E-state index in [4.69, 9.17) is 14.9 Å². The van der Waals surface area contributed by atoms with E-state index in [1.54, 1.807) is 0 Å². The van der Waals surface area contributed by atoms with Gasteiger partial charge in [-0.25, -0.2) is 0 Å². The molecule has 94 valence electrons. The average Bonchev–Trinajstić information content (AvgIpc) is 2.26. The maximum absolute atomic E-state index is 12.2. The van der Waals surface area contributed by atoms with Gasteiger partial charge in [0.2, 0.25) is 5.78 Å². The molecular weight excluding hydrogens is 241 g/mol. The molecule has 0 fully saturated rings. The molecule has 0 atom stereocenters. The van der Waals surface area contributed by atoms with Crippen LogP contribution >= 0.6 is 0 Å². The molecule has 7 heteroatoms. The van der Waals surface area contributed by atoms with Crippen molar-refractivity contribution in [2.45, 2.75) is 12.0 Å². The molecule has 0 aliphatic rings. The van der Waals surface area contributed by atoms with Crippen LogP contribution in [0.15, 0.2) is 24.3 Å². The van der Waals surface area contributed by atoms with E-state index in [0.717, 1.165) is 12.1 Å². The molecule has 0 aromatic heterocycles. The molecule has 4 nitrogen and oxygen atoms in total. The summed E-state index contributed by atoms with van der Waals surface area (Å²) >= 11 is 0. The van der Waals surface area contributed by atoms with E-state index in [1.807, 2.05) is 0 Å². The number of halogens is 3. The summed E-state index contributed by atoms with van der Waals surface area (Å²) < 4.78 is 41.3. The van der Waals surface area contributed by atoms with Gasteiger partial charge in [-0.3, -0.25) is 4.79 Å². The van der Waals surface area contributed by atoms with Crippen LogP contribution in [-0.4, -0.2) is 35.1 Å². The number of aliphatic hydroxyl groups is 2. The van der Waals surface area contributed by atoms with E-state index in [1.165, 1.54) is 19.2 Å². The molecular formula is C10H9F3O4. The second-order valence-electron chi connectivity index (χ2n) is 3.23. The third kappa shape index (κ3) is 2.56. The van der Waals surface area contributed by atoms with Crippen LogP contribution in [-0.2, 0) is 0 Å². The van der Waals surface area contributed by atoms with Gasteiger partial charge in [0, 0.05) is 5.56 Å². The second-order valence-corrected chi connectivity index (χ2v) is 3.23. The number of ketones is 1. The molecule has 2 N–H and O–H groups in total. The lowest BCUT2D eigenvalue weighted by Gasteiger charge is -2.22. The third-order valence-corrected chi connectivity index (χ3v) is 2.06. The largest absolute Gasteiger partial charge is 0.497 e. The number of alkyl halides is 3. The Hall–Kier alpha value is -1.60. The van der Waals surface area contributed by atoms with Crippen molar-refractivity contribution < 1.29 is 32.9 Å². The van der Waals surface area contributed by atoms with Crippen molar-refractivity contribution >= 4 is 5.78 Å². The van der Waals surface area contributed by atoms with Crippen LogP contribution in [0, 0.1) is 0 Å². The van der Waals surface area contributed by atoms with Crippen molar-refractivity contribution in [3.8, 4) is 5.75 Å². The van der Waals surface area contributed by atoms with Gasteiger partial charge in [-0.2, -0.15) is 13.2 Å². The zero-order chi connectivity index (χ0) is 13.3. The number of hydrogen-bond donors (Lipinski definition) is 2. The predicted octanol–water partition coefficient (Wildman–Crippen LogP) is 1.12. The van der Waals surface area contributed by atoms with Crippen molar-refractivity contribution in [1.82, 2.24) is 0 Å². The van der Waals surface area contributed by atoms with E-state index in [2.05, 4.69) is 0 Å². The fraction of sp³-hybridized carbons (Fsp3) is 0.300. The molecule has 0 saturated carbocycles. The molecule has 0 aliphatic carbocycles. The van der Waals surface area contributed by atoms with E-state index in [9.17, 15) is 18.0 Å². The molecule has 1 rings (SSSR count). The number of ether oxygens (including phenoxy) is 1. The summed E-state index contributed by atoms with van der Waals surface area (Å²) in [6.07, 6.45) is -5.45. The zero-order valence-electron chi connectivity index (χ0n) is 8.65. The minimum Gasteiger partial charge on any atom is -0.497 e. The van der Waals surface area contributed by atoms with Gasteiger partial charge in [0.15, 0.2) is 0 Å². The standard InChI is InChI=1S/C10H9F3O4/c1-17-7-4-2-6(3-5-7)8(14)9(15,16)10(11,12)13/h2-5,15-16H,1H3. The lowest BCUT2D eigenvalue weighted by Crippen LogP contribution is -2.51. The fourth-order valence-electron chi connectivity index (χ4n) is 1.07. The summed E-state index contributed by atoms with van der Waals surface area (Å²) in [6, 6.07) is 4.49. The van der Waals surface area contributed by atoms with Gasteiger partial charge in [0.05, 0.1) is 7.11 Å². The maximum atomic E-state index is 12.2. The Morgan fingerprint density at radius 1 is 1.18 bits per heavy atom. The number of methoxy groups -OCH3 is 1. The molecule has 1 aromatic carbocycles. The van der Waals surface area contributed by atoms with Crippen molar-refractivity contribution in [3.63, 3.8) is 0 Å². The summed E-state index contributed by atoms with van der Waals surface area (Å²) in [5.41, 5.74) is -0.479. The summed E-state index contributed by atoms with van der Waals surface area (Å²) in [6.45, 7) is 0. The Morgan fingerprint density at radius 3 is 2.00 bits per heavy atom. The molecule has 0 saturated heterocycles. The SMILES string of the molecule is COc1ccc(C(=O)C(O)(O)C(F)(F)F)cc1. The summed E-state index contributed by atoms with van der Waals surface area (Å²) in [5, 5.41) is 17.5. The number of hydrogen-bond acceptors (Lipinski definition) is 4. The lowest BCUT2D eigenvalue weighted by atomic mass is 10.0. The number of carbonyl (C=O) groups excluding carboxylic acids is 1. The summed E-state index contributed by atoms with van der Waals surface area (Å²) in [4.78, 5) is 11.3. The first kappa shape index (κ1) is 13.5. The maximum Gasteiger partial charge on any atom is 0.451 e. The molecule has 0 spiro atoms. The summed E-state index contributed by atoms with van der Waals surface area (Å²) in [5.74, 6) is -5.90. The first-order valence-electron chi connectivity index (χ1n) is 4.40. The van der Waals surface area contributed by atoms with Crippen molar-refractivity contribution in [2.24, 2.45) is 0 Å². The molecule has 0 heterocycles. The van der Waals surface area contributed by atoms with Gasteiger partial charge in [-0.15, -0.1) is 0 Å². The minimum absolute atomic E-state index is 0.329. The highest BCUT2D eigenvalue weighted by molar-refractivity contribution is 6.01. The third-order valence-electron chi connectivity index (χ3n) is 2.06. The number of Topliss-reactive ketones (excluding diaryl/α,β-unsaturated/α-hetero) is 1. The first-order chi connectivity index (χ1) is 7.70. The van der Waals surface area contributed by atoms with Crippen LogP contribution in [0.2, 0.25) is 0 Å². The fourth-order valence-corrected chi connectivity index (χ4v) is 1.07. The number of benzene rings is 1. The topological polar surface area (TPSA) is 66.8 Å². The second kappa shape index (κ2) is 4.34. The van der Waals surface area contributed by atoms with E-state index >= 15 is 0 Å². The molecule has 0 unspecified atom stereocenters. The Kier molecular flexibility index (Phi) is 3.44.